The summed E-state index contributed by atoms with van der Waals surface area (Å²) in [6.07, 6.45) is 0. The molecular formula is C18H21ClN2O. The third-order valence-electron chi connectivity index (χ3n) is 3.41. The molecule has 2 N–H and O–H groups in total. The van der Waals surface area contributed by atoms with Crippen molar-refractivity contribution in [3.63, 3.8) is 0 Å². The highest BCUT2D eigenvalue weighted by atomic mass is 35.5. The van der Waals surface area contributed by atoms with Crippen LogP contribution in [0.15, 0.2) is 48.5 Å². The molecule has 2 aromatic rings. The average molecular weight is 317 g/mol. The Hall–Kier alpha value is -2.00. The number of carbonyl (C=O) groups is 1. The summed E-state index contributed by atoms with van der Waals surface area (Å²) in [5.74, 6) is 0. The van der Waals surface area contributed by atoms with E-state index in [4.69, 9.17) is 11.6 Å². The second-order valence-electron chi connectivity index (χ2n) is 6.23. The van der Waals surface area contributed by atoms with Crippen molar-refractivity contribution >= 4 is 23.3 Å². The predicted octanol–water partition coefficient (Wildman–Crippen LogP) is 4.96. The minimum atomic E-state index is -0.247. The number of rotatable bonds is 3. The normalized spacial score (nSPS) is 11.1. The number of hydrogen-bond acceptors (Lipinski definition) is 1. The summed E-state index contributed by atoms with van der Waals surface area (Å²) in [7, 11) is 0. The Morgan fingerprint density at radius 1 is 1.05 bits per heavy atom. The van der Waals surface area contributed by atoms with Gasteiger partial charge in [-0.05, 0) is 34.7 Å². The van der Waals surface area contributed by atoms with Gasteiger partial charge < -0.3 is 10.6 Å². The number of anilines is 1. The van der Waals surface area contributed by atoms with E-state index in [1.165, 1.54) is 5.56 Å². The minimum Gasteiger partial charge on any atom is -0.334 e. The van der Waals surface area contributed by atoms with Gasteiger partial charge in [-0.15, -0.1) is 0 Å². The molecule has 0 aliphatic carbocycles. The van der Waals surface area contributed by atoms with Gasteiger partial charge >= 0.3 is 6.03 Å². The highest BCUT2D eigenvalue weighted by Crippen LogP contribution is 2.23. The summed E-state index contributed by atoms with van der Waals surface area (Å²) in [4.78, 5) is 11.9. The van der Waals surface area contributed by atoms with Gasteiger partial charge in [-0.2, -0.15) is 0 Å². The standard InChI is InChI=1S/C18H21ClN2O/c1-18(2,3)14-8-10-15(11-9-14)21-17(22)20-12-13-6-4-5-7-16(13)19/h4-11H,12H2,1-3H3,(H2,20,21,22). The summed E-state index contributed by atoms with van der Waals surface area (Å²) in [6.45, 7) is 6.87. The maximum absolute atomic E-state index is 11.9. The van der Waals surface area contributed by atoms with Gasteiger partial charge in [0.05, 0.1) is 0 Å². The predicted molar refractivity (Wildman–Crippen MR) is 92.5 cm³/mol. The lowest BCUT2D eigenvalue weighted by Crippen LogP contribution is -2.28. The molecule has 0 unspecified atom stereocenters. The van der Waals surface area contributed by atoms with Crippen molar-refractivity contribution in [1.82, 2.24) is 5.32 Å². The molecule has 2 rings (SSSR count). The van der Waals surface area contributed by atoms with Crippen LogP contribution in [0.3, 0.4) is 0 Å². The van der Waals surface area contributed by atoms with E-state index < -0.39 is 0 Å². The average Bonchev–Trinajstić information content (AvgIpc) is 2.46. The number of halogens is 1. The SMILES string of the molecule is CC(C)(C)c1ccc(NC(=O)NCc2ccccc2Cl)cc1. The second kappa shape index (κ2) is 6.84. The van der Waals surface area contributed by atoms with Crippen LogP contribution in [0.2, 0.25) is 5.02 Å². The third kappa shape index (κ3) is 4.50. The molecule has 0 atom stereocenters. The zero-order chi connectivity index (χ0) is 16.2. The molecule has 0 heterocycles. The first-order valence-electron chi connectivity index (χ1n) is 7.25. The molecule has 2 amide bonds. The van der Waals surface area contributed by atoms with Crippen molar-refractivity contribution in [3.8, 4) is 0 Å². The van der Waals surface area contributed by atoms with Crippen LogP contribution in [0.5, 0.6) is 0 Å². The van der Waals surface area contributed by atoms with E-state index in [0.29, 0.717) is 11.6 Å². The Morgan fingerprint density at radius 3 is 2.27 bits per heavy atom. The number of urea groups is 1. The van der Waals surface area contributed by atoms with Crippen LogP contribution in [-0.4, -0.2) is 6.03 Å². The zero-order valence-corrected chi connectivity index (χ0v) is 13.9. The summed E-state index contributed by atoms with van der Waals surface area (Å²) >= 11 is 6.06. The van der Waals surface area contributed by atoms with Gasteiger partial charge in [-0.25, -0.2) is 4.79 Å². The molecule has 4 heteroatoms. The summed E-state index contributed by atoms with van der Waals surface area (Å²) < 4.78 is 0. The van der Waals surface area contributed by atoms with Gasteiger partial charge in [0, 0.05) is 17.3 Å². The summed E-state index contributed by atoms with van der Waals surface area (Å²) in [5, 5.41) is 6.27. The lowest BCUT2D eigenvalue weighted by Gasteiger charge is -2.19. The Kier molecular flexibility index (Phi) is 5.09. The van der Waals surface area contributed by atoms with Crippen molar-refractivity contribution < 1.29 is 4.79 Å². The van der Waals surface area contributed by atoms with E-state index in [1.807, 2.05) is 48.5 Å². The van der Waals surface area contributed by atoms with Crippen LogP contribution in [0.4, 0.5) is 10.5 Å². The van der Waals surface area contributed by atoms with Gasteiger partial charge in [0.1, 0.15) is 0 Å². The first-order chi connectivity index (χ1) is 10.4. The molecule has 0 bridgehead atoms. The van der Waals surface area contributed by atoms with Crippen LogP contribution >= 0.6 is 11.6 Å². The summed E-state index contributed by atoms with van der Waals surface area (Å²) in [5.41, 5.74) is 2.99. The number of benzene rings is 2. The van der Waals surface area contributed by atoms with Crippen molar-refractivity contribution in [1.29, 1.82) is 0 Å². The molecule has 22 heavy (non-hydrogen) atoms. The number of carbonyl (C=O) groups excluding carboxylic acids is 1. The zero-order valence-electron chi connectivity index (χ0n) is 13.1. The maximum Gasteiger partial charge on any atom is 0.319 e. The molecule has 0 radical (unpaired) electrons. The van der Waals surface area contributed by atoms with Crippen LogP contribution in [0.25, 0.3) is 0 Å². The Balaban J connectivity index is 1.91. The van der Waals surface area contributed by atoms with E-state index in [2.05, 4.69) is 31.4 Å². The molecule has 0 fully saturated rings. The van der Waals surface area contributed by atoms with Gasteiger partial charge in [0.25, 0.3) is 0 Å². The van der Waals surface area contributed by atoms with E-state index in [1.54, 1.807) is 0 Å². The summed E-state index contributed by atoms with van der Waals surface area (Å²) in [6, 6.07) is 15.1. The third-order valence-corrected chi connectivity index (χ3v) is 3.77. The van der Waals surface area contributed by atoms with Crippen LogP contribution < -0.4 is 10.6 Å². The van der Waals surface area contributed by atoms with E-state index in [0.717, 1.165) is 11.3 Å². The lowest BCUT2D eigenvalue weighted by atomic mass is 9.87. The monoisotopic (exact) mass is 316 g/mol. The molecule has 0 spiro atoms. The largest absolute Gasteiger partial charge is 0.334 e. The first-order valence-corrected chi connectivity index (χ1v) is 7.63. The molecule has 116 valence electrons. The second-order valence-corrected chi connectivity index (χ2v) is 6.63. The van der Waals surface area contributed by atoms with E-state index in [-0.39, 0.29) is 11.4 Å². The quantitative estimate of drug-likeness (QED) is 0.825. The van der Waals surface area contributed by atoms with E-state index >= 15 is 0 Å². The number of nitrogens with one attached hydrogen (secondary N) is 2. The van der Waals surface area contributed by atoms with Crippen molar-refractivity contribution in [2.45, 2.75) is 32.7 Å². The van der Waals surface area contributed by atoms with Gasteiger partial charge in [0.15, 0.2) is 0 Å². The van der Waals surface area contributed by atoms with Crippen molar-refractivity contribution in [3.05, 3.63) is 64.7 Å². The number of hydrogen-bond donors (Lipinski definition) is 2. The fourth-order valence-electron chi connectivity index (χ4n) is 2.05. The highest BCUT2D eigenvalue weighted by Gasteiger charge is 2.13. The molecule has 0 saturated carbocycles. The fourth-order valence-corrected chi connectivity index (χ4v) is 2.25. The molecule has 0 saturated heterocycles. The molecule has 2 aromatic carbocycles. The van der Waals surface area contributed by atoms with E-state index in [9.17, 15) is 4.79 Å². The van der Waals surface area contributed by atoms with Crippen molar-refractivity contribution in [2.24, 2.45) is 0 Å². The Morgan fingerprint density at radius 2 is 1.68 bits per heavy atom. The van der Waals surface area contributed by atoms with Crippen LogP contribution in [0, 0.1) is 0 Å². The Bertz CT molecular complexity index is 645. The molecule has 0 aliphatic heterocycles. The molecular weight excluding hydrogens is 296 g/mol. The highest BCUT2D eigenvalue weighted by molar-refractivity contribution is 6.31. The van der Waals surface area contributed by atoms with Crippen LogP contribution in [0.1, 0.15) is 31.9 Å². The van der Waals surface area contributed by atoms with Crippen molar-refractivity contribution in [2.75, 3.05) is 5.32 Å². The fraction of sp³-hybridized carbons (Fsp3) is 0.278. The number of amides is 2. The van der Waals surface area contributed by atoms with Crippen LogP contribution in [-0.2, 0) is 12.0 Å². The molecule has 0 aromatic heterocycles. The van der Waals surface area contributed by atoms with Gasteiger partial charge in [-0.1, -0.05) is 62.7 Å². The molecule has 3 nitrogen and oxygen atoms in total. The minimum absolute atomic E-state index is 0.102. The molecule has 0 aliphatic rings. The lowest BCUT2D eigenvalue weighted by molar-refractivity contribution is 0.251. The maximum atomic E-state index is 11.9. The van der Waals surface area contributed by atoms with Gasteiger partial charge in [0.2, 0.25) is 0 Å². The smallest absolute Gasteiger partial charge is 0.319 e. The topological polar surface area (TPSA) is 41.1 Å². The first kappa shape index (κ1) is 16.4. The Labute approximate surface area is 136 Å². The van der Waals surface area contributed by atoms with Gasteiger partial charge in [-0.3, -0.25) is 0 Å².